The zero-order chi connectivity index (χ0) is 23.6. The largest absolute Gasteiger partial charge is 0.445 e. The van der Waals surface area contributed by atoms with Crippen molar-refractivity contribution in [2.45, 2.75) is 24.3 Å². The molecule has 1 N–H and O–H groups in total. The molecule has 0 spiro atoms. The Hall–Kier alpha value is -3.71. The lowest BCUT2D eigenvalue weighted by molar-refractivity contribution is 0.0277. The molecule has 3 aromatic carbocycles. The van der Waals surface area contributed by atoms with E-state index in [0.29, 0.717) is 11.1 Å². The van der Waals surface area contributed by atoms with Crippen molar-refractivity contribution in [3.8, 4) is 0 Å². The SMILES string of the molecule is CCc1cccc2c(C(=O)C(OC(=O)c3ccccc3S(C)(=O)=O)c3ccccc3)c[nH]c12. The van der Waals surface area contributed by atoms with Gasteiger partial charge in [-0.1, -0.05) is 67.6 Å². The Bertz CT molecular complexity index is 1440. The molecular formula is C26H23NO5S. The van der Waals surface area contributed by atoms with Crippen LogP contribution < -0.4 is 0 Å². The molecule has 0 aliphatic carbocycles. The highest BCUT2D eigenvalue weighted by atomic mass is 32.2. The summed E-state index contributed by atoms with van der Waals surface area (Å²) >= 11 is 0. The maximum Gasteiger partial charge on any atom is 0.340 e. The summed E-state index contributed by atoms with van der Waals surface area (Å²) in [4.78, 5) is 29.8. The van der Waals surface area contributed by atoms with Crippen molar-refractivity contribution in [2.24, 2.45) is 0 Å². The van der Waals surface area contributed by atoms with Crippen molar-refractivity contribution >= 4 is 32.5 Å². The number of aromatic nitrogens is 1. The number of Topliss-reactive ketones (excluding diaryl/α,β-unsaturated/α-hetero) is 1. The molecule has 1 heterocycles. The maximum atomic E-state index is 13.7. The molecule has 1 aromatic heterocycles. The number of aryl methyl sites for hydroxylation is 1. The number of sulfone groups is 1. The van der Waals surface area contributed by atoms with Crippen molar-refractivity contribution in [3.05, 3.63) is 101 Å². The molecule has 0 amide bonds. The number of ketones is 1. The quantitative estimate of drug-likeness (QED) is 0.312. The van der Waals surface area contributed by atoms with E-state index in [1.54, 1.807) is 42.6 Å². The number of hydrogen-bond acceptors (Lipinski definition) is 5. The van der Waals surface area contributed by atoms with E-state index in [9.17, 15) is 18.0 Å². The second-order valence-electron chi connectivity index (χ2n) is 7.72. The van der Waals surface area contributed by atoms with Gasteiger partial charge in [0, 0.05) is 34.5 Å². The minimum Gasteiger partial charge on any atom is -0.445 e. The van der Waals surface area contributed by atoms with Crippen LogP contribution in [0.3, 0.4) is 0 Å². The van der Waals surface area contributed by atoms with E-state index in [1.165, 1.54) is 18.2 Å². The van der Waals surface area contributed by atoms with Crippen LogP contribution in [0, 0.1) is 0 Å². The van der Waals surface area contributed by atoms with Crippen molar-refractivity contribution in [1.82, 2.24) is 4.98 Å². The second-order valence-corrected chi connectivity index (χ2v) is 9.71. The number of aromatic amines is 1. The van der Waals surface area contributed by atoms with Gasteiger partial charge in [0.25, 0.3) is 0 Å². The summed E-state index contributed by atoms with van der Waals surface area (Å²) < 4.78 is 30.0. The fourth-order valence-corrected chi connectivity index (χ4v) is 4.76. The molecule has 0 bridgehead atoms. The topological polar surface area (TPSA) is 93.3 Å². The number of nitrogens with one attached hydrogen (secondary N) is 1. The van der Waals surface area contributed by atoms with Gasteiger partial charge in [-0.25, -0.2) is 13.2 Å². The summed E-state index contributed by atoms with van der Waals surface area (Å²) in [7, 11) is -3.67. The molecule has 4 rings (SSSR count). The average Bonchev–Trinajstić information content (AvgIpc) is 3.26. The lowest BCUT2D eigenvalue weighted by Gasteiger charge is -2.18. The zero-order valence-electron chi connectivity index (χ0n) is 18.2. The molecule has 0 saturated carbocycles. The number of ether oxygens (including phenoxy) is 1. The lowest BCUT2D eigenvalue weighted by atomic mass is 9.98. The number of rotatable bonds is 7. The molecule has 1 unspecified atom stereocenters. The summed E-state index contributed by atoms with van der Waals surface area (Å²) in [6, 6.07) is 20.2. The zero-order valence-corrected chi connectivity index (χ0v) is 19.1. The van der Waals surface area contributed by atoms with Crippen LogP contribution in [0.2, 0.25) is 0 Å². The number of esters is 1. The first-order chi connectivity index (χ1) is 15.8. The minimum atomic E-state index is -3.67. The number of para-hydroxylation sites is 1. The molecule has 0 saturated heterocycles. The number of benzene rings is 3. The van der Waals surface area contributed by atoms with Crippen molar-refractivity contribution in [2.75, 3.05) is 6.26 Å². The van der Waals surface area contributed by atoms with Crippen LogP contribution in [0.5, 0.6) is 0 Å². The summed E-state index contributed by atoms with van der Waals surface area (Å²) in [6.07, 6.45) is 2.21. The van der Waals surface area contributed by atoms with Gasteiger partial charge in [0.05, 0.1) is 10.5 Å². The fourth-order valence-electron chi connectivity index (χ4n) is 3.89. The van der Waals surface area contributed by atoms with Gasteiger partial charge in [-0.05, 0) is 24.1 Å². The molecule has 7 heteroatoms. The van der Waals surface area contributed by atoms with Crippen LogP contribution in [0.25, 0.3) is 10.9 Å². The Balaban J connectivity index is 1.77. The smallest absolute Gasteiger partial charge is 0.340 e. The number of carbonyl (C=O) groups is 2. The summed E-state index contributed by atoms with van der Waals surface area (Å²) in [6.45, 7) is 2.03. The maximum absolute atomic E-state index is 13.7. The van der Waals surface area contributed by atoms with Crippen molar-refractivity contribution in [3.63, 3.8) is 0 Å². The predicted molar refractivity (Wildman–Crippen MR) is 126 cm³/mol. The second kappa shape index (κ2) is 9.03. The van der Waals surface area contributed by atoms with Crippen LogP contribution in [0.15, 0.2) is 83.9 Å². The minimum absolute atomic E-state index is 0.110. The molecule has 0 aliphatic rings. The van der Waals surface area contributed by atoms with Crippen molar-refractivity contribution in [1.29, 1.82) is 0 Å². The monoisotopic (exact) mass is 461 g/mol. The van der Waals surface area contributed by atoms with Gasteiger partial charge >= 0.3 is 5.97 Å². The Morgan fingerprint density at radius 1 is 0.909 bits per heavy atom. The third-order valence-corrected chi connectivity index (χ3v) is 6.67. The lowest BCUT2D eigenvalue weighted by Crippen LogP contribution is -2.21. The highest BCUT2D eigenvalue weighted by Gasteiger charge is 2.30. The van der Waals surface area contributed by atoms with Crippen LogP contribution in [-0.4, -0.2) is 31.4 Å². The molecule has 168 valence electrons. The molecule has 33 heavy (non-hydrogen) atoms. The van der Waals surface area contributed by atoms with Gasteiger partial charge in [0.2, 0.25) is 5.78 Å². The third-order valence-electron chi connectivity index (χ3n) is 5.52. The average molecular weight is 462 g/mol. The highest BCUT2D eigenvalue weighted by Crippen LogP contribution is 2.30. The normalized spacial score (nSPS) is 12.4. The van der Waals surface area contributed by atoms with Crippen LogP contribution in [0.4, 0.5) is 0 Å². The van der Waals surface area contributed by atoms with Crippen LogP contribution >= 0.6 is 0 Å². The van der Waals surface area contributed by atoms with Crippen LogP contribution in [-0.2, 0) is 21.0 Å². The van der Waals surface area contributed by atoms with E-state index >= 15 is 0 Å². The van der Waals surface area contributed by atoms with Gasteiger partial charge in [0.1, 0.15) is 0 Å². The number of H-pyrrole nitrogens is 1. The summed E-state index contributed by atoms with van der Waals surface area (Å²) in [5, 5.41) is 0.743. The van der Waals surface area contributed by atoms with Crippen LogP contribution in [0.1, 0.15) is 44.9 Å². The van der Waals surface area contributed by atoms with Gasteiger partial charge in [-0.3, -0.25) is 4.79 Å². The van der Waals surface area contributed by atoms with E-state index in [-0.39, 0.29) is 10.5 Å². The molecule has 0 aliphatic heterocycles. The molecular weight excluding hydrogens is 438 g/mol. The summed E-state index contributed by atoms with van der Waals surface area (Å²) in [5.41, 5.74) is 2.72. The van der Waals surface area contributed by atoms with Gasteiger partial charge in [-0.2, -0.15) is 0 Å². The first kappa shape index (κ1) is 22.5. The number of fused-ring (bicyclic) bond motifs is 1. The van der Waals surface area contributed by atoms with Crippen molar-refractivity contribution < 1.29 is 22.7 Å². The highest BCUT2D eigenvalue weighted by molar-refractivity contribution is 7.90. The first-order valence-electron chi connectivity index (χ1n) is 10.5. The molecule has 0 radical (unpaired) electrons. The van der Waals surface area contributed by atoms with E-state index in [1.807, 2.05) is 25.1 Å². The Kier molecular flexibility index (Phi) is 6.16. The Morgan fingerprint density at radius 3 is 2.30 bits per heavy atom. The standard InChI is InChI=1S/C26H23NO5S/c1-3-17-12-9-14-19-21(16-27-23(17)19)24(28)25(18-10-5-4-6-11-18)32-26(29)20-13-7-8-15-22(20)33(2,30)31/h4-16,25,27H,3H2,1-2H3. The van der Waals surface area contributed by atoms with E-state index in [4.69, 9.17) is 4.74 Å². The van der Waals surface area contributed by atoms with E-state index in [0.717, 1.165) is 29.1 Å². The summed E-state index contributed by atoms with van der Waals surface area (Å²) in [5.74, 6) is -1.28. The molecule has 0 fully saturated rings. The number of hydrogen-bond donors (Lipinski definition) is 1. The first-order valence-corrected chi connectivity index (χ1v) is 12.4. The van der Waals surface area contributed by atoms with E-state index in [2.05, 4.69) is 4.98 Å². The van der Waals surface area contributed by atoms with Gasteiger partial charge < -0.3 is 9.72 Å². The predicted octanol–water partition coefficient (Wildman–Crippen LogP) is 4.91. The molecule has 6 nitrogen and oxygen atoms in total. The Morgan fingerprint density at radius 2 is 1.61 bits per heavy atom. The van der Waals surface area contributed by atoms with Gasteiger partial charge in [0.15, 0.2) is 15.9 Å². The fraction of sp³-hybridized carbons (Fsp3) is 0.154. The molecule has 1 atom stereocenters. The third kappa shape index (κ3) is 4.45. The molecule has 4 aromatic rings. The number of carbonyl (C=O) groups excluding carboxylic acids is 2. The van der Waals surface area contributed by atoms with E-state index < -0.39 is 27.7 Å². The Labute approximate surface area is 192 Å². The van der Waals surface area contributed by atoms with Gasteiger partial charge in [-0.15, -0.1) is 0 Å².